The molecule has 11 fully saturated rings. The van der Waals surface area contributed by atoms with Gasteiger partial charge in [-0.3, -0.25) is 19.2 Å². The number of rotatable bonds is 10. The Kier molecular flexibility index (Phi) is 19.1. The third-order valence-electron chi connectivity index (χ3n) is 18.2. The maximum atomic E-state index is 12.6. The molecule has 0 radical (unpaired) electrons. The highest BCUT2D eigenvalue weighted by Gasteiger charge is 2.72. The van der Waals surface area contributed by atoms with Crippen LogP contribution < -0.4 is 0 Å². The molecule has 10 bridgehead atoms. The average Bonchev–Trinajstić information content (AvgIpc) is 3.75. The fraction of sp³-hybridized carbons (Fsp3) is 0.911. The van der Waals surface area contributed by atoms with Crippen LogP contribution in [0.4, 0.5) is 0 Å². The van der Waals surface area contributed by atoms with Crippen molar-refractivity contribution < 1.29 is 48.3 Å². The lowest BCUT2D eigenvalue weighted by Gasteiger charge is -2.62. The van der Waals surface area contributed by atoms with Crippen LogP contribution in [-0.2, 0) is 38.1 Å². The predicted molar refractivity (Wildman–Crippen MR) is 267 cm³/mol. The SMILES string of the molecule is C.C.C.C.C.C.CCC(C)(C)C(=O)OC(C)(C)C12CC3CC(CC(C3)C1)C2.CCC(C)(C)C(=O)OC12CC3CC(O)(CC(O)(C3)C1)C2.CCC(C)(C)C(=O)OC1C2CC3C1OC(=O)C3(C#N)C2. The molecule has 11 heteroatoms. The molecule has 0 amide bonds. The van der Waals surface area contributed by atoms with Crippen LogP contribution in [0.3, 0.4) is 0 Å². The summed E-state index contributed by atoms with van der Waals surface area (Å²) in [5, 5.41) is 30.6. The molecule has 10 aliphatic carbocycles. The van der Waals surface area contributed by atoms with Crippen molar-refractivity contribution in [3.63, 3.8) is 0 Å². The monoisotopic (exact) mass is 948 g/mol. The Morgan fingerprint density at radius 2 is 1.09 bits per heavy atom. The Morgan fingerprint density at radius 3 is 1.52 bits per heavy atom. The third-order valence-corrected chi connectivity index (χ3v) is 18.2. The first-order valence-corrected chi connectivity index (χ1v) is 23.9. The zero-order chi connectivity index (χ0) is 45.0. The highest BCUT2D eigenvalue weighted by Crippen LogP contribution is 2.65. The van der Waals surface area contributed by atoms with Gasteiger partial charge < -0.3 is 29.2 Å². The second kappa shape index (κ2) is 20.6. The second-order valence-corrected chi connectivity index (χ2v) is 24.5. The fourth-order valence-corrected chi connectivity index (χ4v) is 14.0. The van der Waals surface area contributed by atoms with Gasteiger partial charge in [0.05, 0.1) is 33.5 Å². The van der Waals surface area contributed by atoms with Crippen molar-refractivity contribution >= 4 is 23.9 Å². The van der Waals surface area contributed by atoms with E-state index >= 15 is 0 Å². The summed E-state index contributed by atoms with van der Waals surface area (Å²) in [4.78, 5) is 49.1. The van der Waals surface area contributed by atoms with Gasteiger partial charge in [-0.05, 0) is 169 Å². The van der Waals surface area contributed by atoms with Crippen LogP contribution in [0.5, 0.6) is 0 Å². The van der Waals surface area contributed by atoms with Crippen molar-refractivity contribution in [1.82, 2.24) is 0 Å². The summed E-state index contributed by atoms with van der Waals surface area (Å²) in [6.45, 7) is 21.8. The largest absolute Gasteiger partial charge is 0.459 e. The van der Waals surface area contributed by atoms with E-state index in [0.717, 1.165) is 56.3 Å². The third kappa shape index (κ3) is 11.0. The number of nitrogens with zero attached hydrogens (tertiary/aromatic N) is 1. The van der Waals surface area contributed by atoms with Crippen LogP contribution in [0.1, 0.15) is 230 Å². The molecule has 11 rings (SSSR count). The Hall–Kier alpha value is -2.71. The van der Waals surface area contributed by atoms with Crippen molar-refractivity contribution in [3.05, 3.63) is 0 Å². The molecular weight excluding hydrogens is 847 g/mol. The van der Waals surface area contributed by atoms with E-state index in [9.17, 15) is 34.7 Å². The minimum absolute atomic E-state index is 0. The van der Waals surface area contributed by atoms with Crippen molar-refractivity contribution in [2.45, 2.75) is 264 Å². The maximum Gasteiger partial charge on any atom is 0.327 e. The van der Waals surface area contributed by atoms with Gasteiger partial charge in [-0.15, -0.1) is 0 Å². The first-order chi connectivity index (χ1) is 28.1. The molecule has 390 valence electrons. The van der Waals surface area contributed by atoms with Crippen molar-refractivity contribution in [1.29, 1.82) is 5.26 Å². The smallest absolute Gasteiger partial charge is 0.327 e. The normalized spacial score (nSPS) is 38.4. The van der Waals surface area contributed by atoms with Crippen molar-refractivity contribution in [2.75, 3.05) is 0 Å². The summed E-state index contributed by atoms with van der Waals surface area (Å²) in [5.74, 6) is 2.06. The van der Waals surface area contributed by atoms with Gasteiger partial charge in [-0.25, -0.2) is 0 Å². The zero-order valence-corrected chi connectivity index (χ0v) is 39.2. The van der Waals surface area contributed by atoms with Gasteiger partial charge >= 0.3 is 23.9 Å². The summed E-state index contributed by atoms with van der Waals surface area (Å²) in [5.41, 5.74) is -4.76. The second-order valence-electron chi connectivity index (χ2n) is 24.5. The van der Waals surface area contributed by atoms with E-state index in [4.69, 9.17) is 18.9 Å². The quantitative estimate of drug-likeness (QED) is 0.158. The Balaban J connectivity index is 0.000000481. The molecule has 0 aromatic rings. The van der Waals surface area contributed by atoms with E-state index in [1.165, 1.54) is 38.5 Å². The van der Waals surface area contributed by atoms with E-state index in [1.807, 2.05) is 55.4 Å². The highest BCUT2D eigenvalue weighted by atomic mass is 16.6. The number of hydrogen-bond donors (Lipinski definition) is 2. The first-order valence-electron chi connectivity index (χ1n) is 23.9. The molecule has 7 atom stereocenters. The Morgan fingerprint density at radius 1 is 0.642 bits per heavy atom. The molecule has 11 aliphatic rings. The molecule has 2 N–H and O–H groups in total. The first kappa shape index (κ1) is 62.3. The number of ether oxygens (including phenoxy) is 4. The van der Waals surface area contributed by atoms with Crippen LogP contribution in [-0.4, -0.2) is 68.7 Å². The van der Waals surface area contributed by atoms with Crippen LogP contribution in [0, 0.1) is 73.9 Å². The molecule has 0 spiro atoms. The number of fused-ring (bicyclic) bond motifs is 1. The summed E-state index contributed by atoms with van der Waals surface area (Å²) < 4.78 is 23.0. The lowest BCUT2D eigenvalue weighted by molar-refractivity contribution is -0.264. The molecule has 1 aliphatic heterocycles. The Bertz CT molecular complexity index is 1750. The zero-order valence-electron chi connectivity index (χ0n) is 39.2. The molecule has 67 heavy (non-hydrogen) atoms. The van der Waals surface area contributed by atoms with Crippen LogP contribution in [0.2, 0.25) is 0 Å². The fourth-order valence-electron chi connectivity index (χ4n) is 14.0. The number of carbonyl (C=O) groups is 4. The van der Waals surface area contributed by atoms with E-state index in [-0.39, 0.29) is 103 Å². The van der Waals surface area contributed by atoms with Gasteiger partial charge in [-0.1, -0.05) is 65.3 Å². The van der Waals surface area contributed by atoms with Gasteiger partial charge in [0, 0.05) is 36.5 Å². The number of hydrogen-bond acceptors (Lipinski definition) is 11. The summed E-state index contributed by atoms with van der Waals surface area (Å²) in [6, 6.07) is 2.15. The highest BCUT2D eigenvalue weighted by molar-refractivity contribution is 5.85. The minimum atomic E-state index is -0.974. The topological polar surface area (TPSA) is 169 Å². The van der Waals surface area contributed by atoms with Gasteiger partial charge in [0.2, 0.25) is 0 Å². The summed E-state index contributed by atoms with van der Waals surface area (Å²) >= 11 is 0. The average molecular weight is 948 g/mol. The molecule has 11 nitrogen and oxygen atoms in total. The molecule has 0 aromatic carbocycles. The number of carbonyl (C=O) groups excluding carboxylic acids is 4. The van der Waals surface area contributed by atoms with Crippen molar-refractivity contribution in [2.24, 2.45) is 62.6 Å². The maximum absolute atomic E-state index is 12.6. The summed E-state index contributed by atoms with van der Waals surface area (Å²) in [7, 11) is 0. The molecular formula is C56H101NO10. The van der Waals surface area contributed by atoms with Crippen LogP contribution in [0.25, 0.3) is 0 Å². The number of nitriles is 1. The standard InChI is InChI=1S/C19H32O2.C16H26O4.C15H19NO4.6CH4/c1-6-17(2,3)16(20)21-18(4,5)19-10-13-7-14(11-19)9-15(8-13)12-19;1-4-13(2,3)12(17)20-16-7-11-5-14(18,9-16)8-15(19,6-11)10-16;1-4-14(2,3)12(17)19-10-8-5-9-11(10)20-13(18)15(9,6-8)7-16;;;;;;/h13-15H,6-12H2,1-5H3;11,18-19H,4-10H2,1-3H3;8-11H,4-6H2,1-3H3;6*1H4. The van der Waals surface area contributed by atoms with E-state index in [2.05, 4.69) is 26.8 Å². The minimum Gasteiger partial charge on any atom is -0.459 e. The van der Waals surface area contributed by atoms with Gasteiger partial charge in [0.15, 0.2) is 5.41 Å². The Labute approximate surface area is 409 Å². The number of esters is 4. The molecule has 1 heterocycles. The van der Waals surface area contributed by atoms with Crippen LogP contribution >= 0.6 is 0 Å². The molecule has 7 unspecified atom stereocenters. The summed E-state index contributed by atoms with van der Waals surface area (Å²) in [6.07, 6.45) is 14.5. The van der Waals surface area contributed by atoms with Gasteiger partial charge in [0.25, 0.3) is 0 Å². The molecule has 0 aromatic heterocycles. The van der Waals surface area contributed by atoms with E-state index in [1.54, 1.807) is 0 Å². The lowest BCUT2D eigenvalue weighted by atomic mass is 9.46. The van der Waals surface area contributed by atoms with Crippen molar-refractivity contribution in [3.8, 4) is 6.07 Å². The van der Waals surface area contributed by atoms with Gasteiger partial charge in [-0.2, -0.15) is 5.26 Å². The van der Waals surface area contributed by atoms with E-state index < -0.39 is 45.1 Å². The molecule has 1 saturated heterocycles. The van der Waals surface area contributed by atoms with Crippen LogP contribution in [0.15, 0.2) is 0 Å². The lowest BCUT2D eigenvalue weighted by Crippen LogP contribution is -2.67. The van der Waals surface area contributed by atoms with E-state index in [0.29, 0.717) is 32.1 Å². The number of aliphatic hydroxyl groups is 2. The predicted octanol–water partition coefficient (Wildman–Crippen LogP) is 12.8. The van der Waals surface area contributed by atoms with Gasteiger partial charge in [0.1, 0.15) is 23.4 Å². The molecule has 10 saturated carbocycles.